The van der Waals surface area contributed by atoms with Crippen molar-refractivity contribution in [3.8, 4) is 0 Å². The third-order valence-electron chi connectivity index (χ3n) is 13.6. The molecule has 0 fully saturated rings. The van der Waals surface area contributed by atoms with E-state index in [0.717, 1.165) is 13.8 Å². The quantitative estimate of drug-likeness (QED) is 0.0153. The van der Waals surface area contributed by atoms with Crippen LogP contribution in [0.25, 0.3) is 0 Å². The average molecular weight is 1360 g/mol. The molecule has 0 aliphatic carbocycles. The summed E-state index contributed by atoms with van der Waals surface area (Å²) in [7, 11) is 0. The van der Waals surface area contributed by atoms with E-state index in [9.17, 15) is 91.7 Å². The minimum atomic E-state index is -1.91. The van der Waals surface area contributed by atoms with E-state index < -0.39 is 224 Å². The van der Waals surface area contributed by atoms with Crippen LogP contribution in [0.15, 0.2) is 4.99 Å². The Labute approximate surface area is 547 Å². The zero-order valence-corrected chi connectivity index (χ0v) is 54.7. The predicted molar refractivity (Wildman–Crippen MR) is 335 cm³/mol. The number of nitrogens with two attached hydrogens (primary N) is 7. The topological polar surface area (TPSA) is 678 Å². The number of aliphatic hydroxyl groups is 1. The van der Waals surface area contributed by atoms with Crippen molar-refractivity contribution in [2.24, 2.45) is 62.9 Å². The second kappa shape index (κ2) is 42.4. The Morgan fingerprint density at radius 3 is 1.01 bits per heavy atom. The highest BCUT2D eigenvalue weighted by atomic mass is 16.4. The number of aliphatic hydroxyl groups excluding tert-OH is 1. The van der Waals surface area contributed by atoms with Crippen LogP contribution < -0.4 is 98.6 Å². The molecule has 0 heterocycles. The van der Waals surface area contributed by atoms with E-state index >= 15 is 0 Å². The van der Waals surface area contributed by atoms with Crippen molar-refractivity contribution in [3.63, 3.8) is 0 Å². The summed E-state index contributed by atoms with van der Waals surface area (Å²) in [6.07, 6.45) is -6.66. The fourth-order valence-electron chi connectivity index (χ4n) is 8.71. The van der Waals surface area contributed by atoms with E-state index in [1.165, 1.54) is 6.92 Å². The first kappa shape index (κ1) is 85.2. The Kier molecular flexibility index (Phi) is 38.0. The van der Waals surface area contributed by atoms with Crippen molar-refractivity contribution in [2.45, 2.75) is 218 Å². The van der Waals surface area contributed by atoms with Crippen molar-refractivity contribution in [2.75, 3.05) is 6.54 Å². The second-order valence-corrected chi connectivity index (χ2v) is 23.9. The number of nitrogens with one attached hydrogen (secondary N) is 11. The van der Waals surface area contributed by atoms with Crippen LogP contribution in [0.2, 0.25) is 0 Å². The number of nitrogens with zero attached hydrogens (tertiary/aromatic N) is 1. The van der Waals surface area contributed by atoms with Crippen LogP contribution in [-0.4, -0.2) is 207 Å². The molecule has 0 spiro atoms. The van der Waals surface area contributed by atoms with E-state index in [-0.39, 0.29) is 62.9 Å². The summed E-state index contributed by atoms with van der Waals surface area (Å²) in [4.78, 5) is 226. The number of hydrogen-bond donors (Lipinski definition) is 21. The van der Waals surface area contributed by atoms with Gasteiger partial charge >= 0.3 is 11.9 Å². The van der Waals surface area contributed by atoms with Crippen molar-refractivity contribution < 1.29 is 96.8 Å². The Bertz CT molecular complexity index is 2780. The van der Waals surface area contributed by atoms with Crippen molar-refractivity contribution in [3.05, 3.63) is 0 Å². The SMILES string of the molecule is CC(C)C[C@H](NC(=O)[C@H](C)NC(=O)[C@H](CC(N)=O)NC(=O)[C@H](CC(N)=O)NC(=O)[C@H](CC(C)C)NC(=O)[C@@H](N)CCC(=O)O)C(=O)N[C@@H](CCC(N)=O)C(=O)N[C@@H](CC(N)=O)C(=O)N[C@@H](CC(C)C)C(=O)N[C@@H](C)C(=O)N[C@@H](CCCN=C(N)N)C(=O)N[C@H](C(=O)O)[C@@H](C)O. The molecular weight excluding hydrogens is 1260 g/mol. The summed E-state index contributed by atoms with van der Waals surface area (Å²) in [5, 5.41) is 53.9. The molecule has 39 nitrogen and oxygen atoms in total. The second-order valence-electron chi connectivity index (χ2n) is 23.9. The van der Waals surface area contributed by atoms with Gasteiger partial charge in [0.2, 0.25) is 88.6 Å². The summed E-state index contributed by atoms with van der Waals surface area (Å²) in [6.45, 7) is 13.3. The van der Waals surface area contributed by atoms with Crippen LogP contribution in [0, 0.1) is 17.8 Å². The number of guanidine groups is 1. The first-order chi connectivity index (χ1) is 43.9. The molecule has 536 valence electrons. The molecule has 13 atom stereocenters. The number of carbonyl (C=O) groups is 17. The monoisotopic (exact) mass is 1360 g/mol. The fourth-order valence-corrected chi connectivity index (χ4v) is 8.71. The number of rotatable bonds is 46. The van der Waals surface area contributed by atoms with Gasteiger partial charge in [-0.3, -0.25) is 81.7 Å². The van der Waals surface area contributed by atoms with Gasteiger partial charge in [0, 0.05) is 19.4 Å². The van der Waals surface area contributed by atoms with Crippen molar-refractivity contribution >= 4 is 107 Å². The first-order valence-corrected chi connectivity index (χ1v) is 30.4. The summed E-state index contributed by atoms with van der Waals surface area (Å²) < 4.78 is 0. The van der Waals surface area contributed by atoms with Crippen LogP contribution in [0.5, 0.6) is 0 Å². The Morgan fingerprint density at radius 1 is 0.358 bits per heavy atom. The molecule has 0 radical (unpaired) electrons. The normalized spacial score (nSPS) is 15.2. The molecule has 0 saturated carbocycles. The van der Waals surface area contributed by atoms with Crippen molar-refractivity contribution in [1.82, 2.24) is 58.5 Å². The van der Waals surface area contributed by atoms with Gasteiger partial charge in [0.15, 0.2) is 12.0 Å². The number of carboxylic acids is 2. The molecule has 0 aromatic rings. The van der Waals surface area contributed by atoms with Gasteiger partial charge in [-0.1, -0.05) is 41.5 Å². The number of carboxylic acid groups (broad SMARTS) is 2. The highest BCUT2D eigenvalue weighted by molar-refractivity contribution is 6.01. The lowest BCUT2D eigenvalue weighted by Crippen LogP contribution is -2.61. The van der Waals surface area contributed by atoms with Gasteiger partial charge < -0.3 is 114 Å². The van der Waals surface area contributed by atoms with Crippen LogP contribution >= 0.6 is 0 Å². The molecule has 0 unspecified atom stereocenters. The maximum absolute atomic E-state index is 14.1. The van der Waals surface area contributed by atoms with Gasteiger partial charge in [0.25, 0.3) is 0 Å². The standard InChI is InChI=1S/C56H97N19O20/c1-23(2)17-32(49(88)65-26(7)44(83)67-30(11-10-16-64-56(62)63)48(87)75-43(28(9)76)55(94)95)71-53(92)36(21-40(60)79)72-47(86)31(13-14-38(58)77)68-51(90)33(18-24(3)4)69-45(84)27(8)66-50(89)35(20-39(59)78)73-54(93)37(22-41(61)80)74-52(91)34(19-25(5)6)70-46(85)29(57)12-15-42(81)82/h23-37,43,76H,10-22,57H2,1-9H3,(H2,58,77)(H2,59,78)(H2,60,79)(H2,61,80)(H,65,88)(H,66,89)(H,67,83)(H,68,90)(H,69,84)(H,70,85)(H,71,92)(H,72,86)(H,73,93)(H,74,91)(H,75,87)(H,81,82)(H,94,95)(H4,62,63,64)/t26-,27-,28+,29-,30-,31-,32-,33-,34-,35-,36-,37-,43-/m0/s1. The van der Waals surface area contributed by atoms with Crippen molar-refractivity contribution in [1.29, 1.82) is 0 Å². The molecule has 15 amide bonds. The van der Waals surface area contributed by atoms with Crippen LogP contribution in [0.3, 0.4) is 0 Å². The number of primary amides is 4. The van der Waals surface area contributed by atoms with E-state index in [4.69, 9.17) is 45.2 Å². The van der Waals surface area contributed by atoms with E-state index in [1.54, 1.807) is 41.5 Å². The molecule has 0 aromatic carbocycles. The van der Waals surface area contributed by atoms with Crippen LogP contribution in [0.1, 0.15) is 139 Å². The Morgan fingerprint density at radius 2 is 0.663 bits per heavy atom. The van der Waals surface area contributed by atoms with E-state index in [0.29, 0.717) is 0 Å². The molecule has 0 saturated heterocycles. The zero-order valence-electron chi connectivity index (χ0n) is 54.7. The number of carbonyl (C=O) groups excluding carboxylic acids is 15. The Balaban J connectivity index is 6.72. The lowest BCUT2D eigenvalue weighted by atomic mass is 10.0. The first-order valence-electron chi connectivity index (χ1n) is 30.4. The number of amides is 15. The fraction of sp³-hybridized carbons (Fsp3) is 0.679. The minimum absolute atomic E-state index is 0.0177. The molecule has 0 aromatic heterocycles. The molecule has 0 aliphatic heterocycles. The van der Waals surface area contributed by atoms with Gasteiger partial charge in [0.05, 0.1) is 31.4 Å². The number of aliphatic carboxylic acids is 2. The summed E-state index contributed by atoms with van der Waals surface area (Å²) >= 11 is 0. The molecule has 95 heavy (non-hydrogen) atoms. The maximum Gasteiger partial charge on any atom is 0.328 e. The largest absolute Gasteiger partial charge is 0.481 e. The average Bonchev–Trinajstić information content (AvgIpc) is 0.896. The molecule has 39 heteroatoms. The molecule has 28 N–H and O–H groups in total. The van der Waals surface area contributed by atoms with Gasteiger partial charge in [0.1, 0.15) is 60.4 Å². The lowest BCUT2D eigenvalue weighted by Gasteiger charge is -2.28. The third-order valence-corrected chi connectivity index (χ3v) is 13.6. The molecule has 0 bridgehead atoms. The van der Waals surface area contributed by atoms with Gasteiger partial charge in [-0.2, -0.15) is 0 Å². The molecule has 0 aliphatic rings. The zero-order chi connectivity index (χ0) is 73.3. The predicted octanol–water partition coefficient (Wildman–Crippen LogP) is -8.90. The minimum Gasteiger partial charge on any atom is -0.481 e. The smallest absolute Gasteiger partial charge is 0.328 e. The van der Waals surface area contributed by atoms with Crippen LogP contribution in [-0.2, 0) is 81.5 Å². The van der Waals surface area contributed by atoms with E-state index in [1.807, 2.05) is 0 Å². The highest BCUT2D eigenvalue weighted by Crippen LogP contribution is 2.13. The van der Waals surface area contributed by atoms with Gasteiger partial charge in [-0.05, 0) is 83.5 Å². The lowest BCUT2D eigenvalue weighted by molar-refractivity contribution is -0.145. The highest BCUT2D eigenvalue weighted by Gasteiger charge is 2.38. The number of aliphatic imine (C=N–C) groups is 1. The molecule has 0 rings (SSSR count). The summed E-state index contributed by atoms with van der Waals surface area (Å²) in [5.41, 5.74) is 38.2. The summed E-state index contributed by atoms with van der Waals surface area (Å²) in [5.74, 6) is -20.6. The van der Waals surface area contributed by atoms with Gasteiger partial charge in [-0.25, -0.2) is 4.79 Å². The molecular formula is C56H97N19O20. The van der Waals surface area contributed by atoms with Gasteiger partial charge in [-0.15, -0.1) is 0 Å². The number of hydrogen-bond acceptors (Lipinski definition) is 20. The Hall–Kier alpha value is -9.82. The van der Waals surface area contributed by atoms with Crippen LogP contribution in [0.4, 0.5) is 0 Å². The summed E-state index contributed by atoms with van der Waals surface area (Å²) in [6, 6.07) is -19.6. The van der Waals surface area contributed by atoms with E-state index in [2.05, 4.69) is 63.5 Å². The third kappa shape index (κ3) is 35.1. The maximum atomic E-state index is 14.1.